The molecule has 0 radical (unpaired) electrons. The molecule has 1 aromatic rings. The summed E-state index contributed by atoms with van der Waals surface area (Å²) in [6, 6.07) is 4.03. The zero-order chi connectivity index (χ0) is 11.6. The first-order valence-electron chi connectivity index (χ1n) is 5.73. The fraction of sp³-hybridized carbons (Fsp3) is 0.583. The van der Waals surface area contributed by atoms with Gasteiger partial charge in [-0.3, -0.25) is 4.98 Å². The summed E-state index contributed by atoms with van der Waals surface area (Å²) in [5, 5.41) is 9.88. The van der Waals surface area contributed by atoms with Crippen LogP contribution in [0.15, 0.2) is 18.3 Å². The number of aliphatic hydroxyl groups is 1. The summed E-state index contributed by atoms with van der Waals surface area (Å²) in [7, 11) is 0. The summed E-state index contributed by atoms with van der Waals surface area (Å²) in [6.45, 7) is 4.16. The van der Waals surface area contributed by atoms with E-state index < -0.39 is 5.60 Å². The molecular weight excluding hydrogens is 202 g/mol. The fourth-order valence-corrected chi connectivity index (χ4v) is 2.02. The summed E-state index contributed by atoms with van der Waals surface area (Å²) >= 11 is 0. The van der Waals surface area contributed by atoms with Crippen molar-refractivity contribution < 1.29 is 5.11 Å². The van der Waals surface area contributed by atoms with Gasteiger partial charge < -0.3 is 15.7 Å². The highest BCUT2D eigenvalue weighted by atomic mass is 16.3. The zero-order valence-corrected chi connectivity index (χ0v) is 9.69. The van der Waals surface area contributed by atoms with Crippen LogP contribution in [0.4, 0.5) is 5.69 Å². The van der Waals surface area contributed by atoms with Gasteiger partial charge in [0.1, 0.15) is 0 Å². The lowest BCUT2D eigenvalue weighted by Gasteiger charge is -2.37. The van der Waals surface area contributed by atoms with Crippen molar-refractivity contribution in [3.8, 4) is 0 Å². The van der Waals surface area contributed by atoms with E-state index in [9.17, 15) is 5.11 Å². The highest BCUT2D eigenvalue weighted by molar-refractivity contribution is 5.47. The number of nitrogens with zero attached hydrogens (tertiary/aromatic N) is 2. The fourth-order valence-electron chi connectivity index (χ4n) is 2.02. The Hall–Kier alpha value is -1.13. The van der Waals surface area contributed by atoms with Crippen LogP contribution in [0.25, 0.3) is 0 Å². The van der Waals surface area contributed by atoms with Crippen LogP contribution < -0.4 is 10.6 Å². The first kappa shape index (κ1) is 11.4. The van der Waals surface area contributed by atoms with Gasteiger partial charge in [-0.2, -0.15) is 0 Å². The van der Waals surface area contributed by atoms with E-state index in [2.05, 4.69) is 9.88 Å². The molecule has 2 rings (SSSR count). The van der Waals surface area contributed by atoms with Gasteiger partial charge in [0.15, 0.2) is 0 Å². The van der Waals surface area contributed by atoms with Gasteiger partial charge >= 0.3 is 0 Å². The quantitative estimate of drug-likeness (QED) is 0.778. The lowest BCUT2D eigenvalue weighted by atomic mass is 9.93. The molecule has 4 heteroatoms. The smallest absolute Gasteiger partial charge is 0.0653 e. The molecular formula is C12H19N3O. The lowest BCUT2D eigenvalue weighted by Crippen LogP contribution is -2.42. The number of hydrogen-bond donors (Lipinski definition) is 2. The average molecular weight is 221 g/mol. The normalized spacial score (nSPS) is 19.8. The molecule has 0 atom stereocenters. The Balaban J connectivity index is 2.08. The highest BCUT2D eigenvalue weighted by Crippen LogP contribution is 2.25. The number of hydrogen-bond acceptors (Lipinski definition) is 4. The van der Waals surface area contributed by atoms with Crippen molar-refractivity contribution in [2.24, 2.45) is 5.73 Å². The topological polar surface area (TPSA) is 62.4 Å². The van der Waals surface area contributed by atoms with E-state index in [1.54, 1.807) is 6.20 Å². The summed E-state index contributed by atoms with van der Waals surface area (Å²) in [5.41, 5.74) is 7.14. The predicted molar refractivity (Wildman–Crippen MR) is 64.2 cm³/mol. The minimum atomic E-state index is -0.500. The molecule has 0 aromatic carbocycles. The Bertz CT molecular complexity index is 355. The SMILES string of the molecule is CC1(O)CCN(c2ccnc(CN)c2)CC1. The molecule has 88 valence electrons. The van der Waals surface area contributed by atoms with Crippen LogP contribution in [-0.2, 0) is 6.54 Å². The van der Waals surface area contributed by atoms with Crippen molar-refractivity contribution in [2.45, 2.75) is 31.9 Å². The van der Waals surface area contributed by atoms with Crippen molar-refractivity contribution in [1.82, 2.24) is 4.98 Å². The Kier molecular flexibility index (Phi) is 3.12. The molecule has 0 bridgehead atoms. The number of aromatic nitrogens is 1. The number of rotatable bonds is 2. The molecule has 3 N–H and O–H groups in total. The molecule has 1 aliphatic heterocycles. The van der Waals surface area contributed by atoms with Gasteiger partial charge in [0.25, 0.3) is 0 Å². The van der Waals surface area contributed by atoms with Crippen molar-refractivity contribution in [1.29, 1.82) is 0 Å². The Labute approximate surface area is 96.1 Å². The average Bonchev–Trinajstić information content (AvgIpc) is 2.29. The third kappa shape index (κ3) is 2.51. The van der Waals surface area contributed by atoms with Gasteiger partial charge in [0, 0.05) is 31.5 Å². The van der Waals surface area contributed by atoms with Gasteiger partial charge in [0.05, 0.1) is 11.3 Å². The van der Waals surface area contributed by atoms with E-state index >= 15 is 0 Å². The van der Waals surface area contributed by atoms with Gasteiger partial charge in [-0.1, -0.05) is 0 Å². The van der Waals surface area contributed by atoms with Crippen LogP contribution in [0, 0.1) is 0 Å². The molecule has 1 aromatic heterocycles. The Morgan fingerprint density at radius 1 is 1.50 bits per heavy atom. The first-order chi connectivity index (χ1) is 7.61. The zero-order valence-electron chi connectivity index (χ0n) is 9.69. The van der Waals surface area contributed by atoms with Gasteiger partial charge in [-0.05, 0) is 31.9 Å². The van der Waals surface area contributed by atoms with Crippen molar-refractivity contribution in [3.63, 3.8) is 0 Å². The molecule has 0 aliphatic carbocycles. The number of piperidine rings is 1. The monoisotopic (exact) mass is 221 g/mol. The summed E-state index contributed by atoms with van der Waals surface area (Å²) in [4.78, 5) is 6.46. The molecule has 1 aliphatic rings. The van der Waals surface area contributed by atoms with Crippen LogP contribution in [0.3, 0.4) is 0 Å². The second kappa shape index (κ2) is 4.39. The summed E-state index contributed by atoms with van der Waals surface area (Å²) in [6.07, 6.45) is 3.42. The third-order valence-electron chi connectivity index (χ3n) is 3.22. The van der Waals surface area contributed by atoms with Crippen molar-refractivity contribution in [3.05, 3.63) is 24.0 Å². The maximum Gasteiger partial charge on any atom is 0.0653 e. The minimum absolute atomic E-state index is 0.472. The van der Waals surface area contributed by atoms with E-state index in [-0.39, 0.29) is 0 Å². The van der Waals surface area contributed by atoms with Crippen LogP contribution in [-0.4, -0.2) is 28.8 Å². The van der Waals surface area contributed by atoms with E-state index in [0.29, 0.717) is 6.54 Å². The van der Waals surface area contributed by atoms with Crippen molar-refractivity contribution >= 4 is 5.69 Å². The number of anilines is 1. The summed E-state index contributed by atoms with van der Waals surface area (Å²) < 4.78 is 0. The van der Waals surface area contributed by atoms with Crippen LogP contribution in [0.5, 0.6) is 0 Å². The van der Waals surface area contributed by atoms with Crippen molar-refractivity contribution in [2.75, 3.05) is 18.0 Å². The second-order valence-corrected chi connectivity index (χ2v) is 4.69. The van der Waals surface area contributed by atoms with E-state index in [1.165, 1.54) is 0 Å². The highest BCUT2D eigenvalue weighted by Gasteiger charge is 2.27. The molecule has 0 saturated carbocycles. The standard InChI is InChI=1S/C12H19N3O/c1-12(16)3-6-15(7-4-12)11-2-5-14-10(8-11)9-13/h2,5,8,16H,3-4,6-7,9,13H2,1H3. The van der Waals surface area contributed by atoms with Crippen LogP contribution in [0.1, 0.15) is 25.5 Å². The van der Waals surface area contributed by atoms with E-state index in [0.717, 1.165) is 37.3 Å². The molecule has 1 saturated heterocycles. The van der Waals surface area contributed by atoms with E-state index in [1.807, 2.05) is 19.1 Å². The number of nitrogens with two attached hydrogens (primary N) is 1. The molecule has 0 unspecified atom stereocenters. The predicted octanol–water partition coefficient (Wildman–Crippen LogP) is 0.891. The summed E-state index contributed by atoms with van der Waals surface area (Å²) in [5.74, 6) is 0. The molecule has 2 heterocycles. The second-order valence-electron chi connectivity index (χ2n) is 4.69. The van der Waals surface area contributed by atoms with Crippen LogP contribution >= 0.6 is 0 Å². The lowest BCUT2D eigenvalue weighted by molar-refractivity contribution is 0.0351. The van der Waals surface area contributed by atoms with Gasteiger partial charge in [-0.15, -0.1) is 0 Å². The Morgan fingerprint density at radius 3 is 2.81 bits per heavy atom. The Morgan fingerprint density at radius 2 is 2.19 bits per heavy atom. The largest absolute Gasteiger partial charge is 0.390 e. The molecule has 1 fully saturated rings. The van der Waals surface area contributed by atoms with Gasteiger partial charge in [0.2, 0.25) is 0 Å². The first-order valence-corrected chi connectivity index (χ1v) is 5.73. The van der Waals surface area contributed by atoms with Crippen LogP contribution in [0.2, 0.25) is 0 Å². The maximum absolute atomic E-state index is 9.88. The van der Waals surface area contributed by atoms with Gasteiger partial charge in [-0.25, -0.2) is 0 Å². The van der Waals surface area contributed by atoms with E-state index in [4.69, 9.17) is 5.73 Å². The molecule has 4 nitrogen and oxygen atoms in total. The minimum Gasteiger partial charge on any atom is -0.390 e. The maximum atomic E-state index is 9.88. The molecule has 0 amide bonds. The third-order valence-corrected chi connectivity index (χ3v) is 3.22. The molecule has 0 spiro atoms. The molecule has 16 heavy (non-hydrogen) atoms. The number of pyridine rings is 1.